The van der Waals surface area contributed by atoms with Crippen LogP contribution in [0.15, 0.2) is 0 Å². The first-order valence-electron chi connectivity index (χ1n) is 7.76. The van der Waals surface area contributed by atoms with Crippen LogP contribution in [0.25, 0.3) is 0 Å². The molecule has 0 aromatic rings. The van der Waals surface area contributed by atoms with Crippen molar-refractivity contribution in [3.63, 3.8) is 0 Å². The third-order valence-electron chi connectivity index (χ3n) is 2.74. The standard InChI is InChI=1S/C4H5F3O5S.C3H3F3O5S.C3H5F3O4S.CH4O.CH4.2CH3/c1-12-3(8)2(5)4(6,7)13(9,10)11;4-1(2(7)8)3(5,6)12(9,10)11;4-2(1-7)3(5,6)11(8,9)10;1-2;;;/h2H,1H3,(H,9,10,11);1H,(H,7,8)(H,9,10,11);2,7H,1H2,(H,8,9,10);2H,1H3;1H4;2*1H3/q;;;;;2*+1/p-3. The van der Waals surface area contributed by atoms with Crippen LogP contribution in [0.5, 0.6) is 0 Å². The molecule has 0 heterocycles. The summed E-state index contributed by atoms with van der Waals surface area (Å²) in [5.41, 5.74) is 0. The Labute approximate surface area is 228 Å². The number of aliphatic hydroxyl groups is 2. The molecule has 0 aliphatic carbocycles. The Morgan fingerprint density at radius 1 is 0.732 bits per heavy atom. The van der Waals surface area contributed by atoms with E-state index in [-0.39, 0.29) is 22.3 Å². The van der Waals surface area contributed by atoms with E-state index in [1.54, 1.807) is 0 Å². The maximum atomic E-state index is 12.3. The van der Waals surface area contributed by atoms with Gasteiger partial charge in [-0.3, -0.25) is 0 Å². The molecule has 0 rings (SSSR count). The summed E-state index contributed by atoms with van der Waals surface area (Å²) in [6.07, 6.45) is -11.2. The topological polar surface area (TPSA) is 276 Å². The average Bonchev–Trinajstić information content (AvgIpc) is 2.76. The summed E-state index contributed by atoms with van der Waals surface area (Å²) < 4.78 is 198. The highest BCUT2D eigenvalue weighted by atomic mass is 32.2. The number of carboxylic acid groups (broad SMARTS) is 1. The summed E-state index contributed by atoms with van der Waals surface area (Å²) in [6.45, 7) is -1.71. The van der Waals surface area contributed by atoms with Gasteiger partial charge >= 0.3 is 27.7 Å². The van der Waals surface area contributed by atoms with Gasteiger partial charge in [0.05, 0.1) is 13.7 Å². The molecule has 15 nitrogen and oxygen atoms in total. The molecule has 252 valence electrons. The molecule has 3 atom stereocenters. The number of esters is 1. The van der Waals surface area contributed by atoms with Crippen molar-refractivity contribution in [2.24, 2.45) is 0 Å². The fraction of sp³-hybridized carbons (Fsp3) is 0.714. The third-order valence-corrected chi connectivity index (χ3v) is 5.41. The molecular weight excluding hydrogens is 675 g/mol. The Morgan fingerprint density at radius 3 is 1.10 bits per heavy atom. The summed E-state index contributed by atoms with van der Waals surface area (Å²) >= 11 is 0. The van der Waals surface area contributed by atoms with Crippen LogP contribution in [0.3, 0.4) is 0 Å². The zero-order valence-corrected chi connectivity index (χ0v) is 22.3. The van der Waals surface area contributed by atoms with Crippen molar-refractivity contribution >= 4 is 42.3 Å². The van der Waals surface area contributed by atoms with Crippen LogP contribution in [0, 0.1) is 14.9 Å². The number of carboxylic acids is 1. The lowest BCUT2D eigenvalue weighted by atomic mass is 10.4. The second-order valence-corrected chi connectivity index (χ2v) is 9.64. The van der Waals surface area contributed by atoms with Gasteiger partial charge in [0.2, 0.25) is 0 Å². The number of carbonyl (C=O) groups excluding carboxylic acids is 1. The fourth-order valence-electron chi connectivity index (χ4n) is 0.901. The first kappa shape index (κ1) is 54.7. The molecule has 0 amide bonds. The highest BCUT2D eigenvalue weighted by Gasteiger charge is 2.53. The smallest absolute Gasteiger partial charge is 0.375 e. The van der Waals surface area contributed by atoms with Gasteiger partial charge in [0.1, 0.15) is 0 Å². The fourth-order valence-corrected chi connectivity index (χ4v) is 1.99. The van der Waals surface area contributed by atoms with E-state index in [9.17, 15) is 88.0 Å². The summed E-state index contributed by atoms with van der Waals surface area (Å²) in [7, 11) is -17.0. The van der Waals surface area contributed by atoms with Crippen LogP contribution < -0.4 is 0 Å². The molecule has 0 aliphatic heterocycles. The molecule has 0 bridgehead atoms. The highest BCUT2D eigenvalue weighted by Crippen LogP contribution is 2.29. The minimum absolute atomic E-state index is 0. The zero-order chi connectivity index (χ0) is 32.3. The van der Waals surface area contributed by atoms with E-state index >= 15 is 0 Å². The van der Waals surface area contributed by atoms with E-state index in [0.717, 1.165) is 7.11 Å². The van der Waals surface area contributed by atoms with Gasteiger partial charge in [-0.2, -0.15) is 26.3 Å². The van der Waals surface area contributed by atoms with E-state index in [2.05, 4.69) is 4.74 Å². The summed E-state index contributed by atoms with van der Waals surface area (Å²) in [5.74, 6) is -4.83. The second-order valence-electron chi connectivity index (χ2n) is 5.28. The number of aliphatic carboxylic acids is 1. The average molecular weight is 700 g/mol. The summed E-state index contributed by atoms with van der Waals surface area (Å²) in [4.78, 5) is 19.7. The van der Waals surface area contributed by atoms with Gasteiger partial charge in [-0.25, -0.2) is 48.0 Å². The lowest BCUT2D eigenvalue weighted by molar-refractivity contribution is -0.155. The van der Waals surface area contributed by atoms with Crippen LogP contribution in [0.1, 0.15) is 7.43 Å². The minimum Gasteiger partial charge on any atom is -0.743 e. The Morgan fingerprint density at radius 2 is 0.976 bits per heavy atom. The van der Waals surface area contributed by atoms with Gasteiger partial charge in [0.25, 0.3) is 12.3 Å². The van der Waals surface area contributed by atoms with Crippen molar-refractivity contribution in [3.8, 4) is 0 Å². The molecule has 0 aliphatic rings. The highest BCUT2D eigenvalue weighted by molar-refractivity contribution is 7.87. The van der Waals surface area contributed by atoms with Crippen molar-refractivity contribution in [2.75, 3.05) is 20.8 Å². The molecule has 3 unspecified atom stereocenters. The predicted octanol–water partition coefficient (Wildman–Crippen LogP) is -0.217. The maximum absolute atomic E-state index is 12.3. The lowest BCUT2D eigenvalue weighted by Gasteiger charge is -2.21. The third kappa shape index (κ3) is 16.1. The molecule has 0 saturated heterocycles. The molecule has 41 heavy (non-hydrogen) atoms. The van der Waals surface area contributed by atoms with Gasteiger partial charge in [0.15, 0.2) is 36.5 Å². The van der Waals surface area contributed by atoms with Gasteiger partial charge in [-0.05, 0) is 0 Å². The molecule has 3 N–H and O–H groups in total. The first-order valence-corrected chi connectivity index (χ1v) is 12.0. The molecule has 0 aromatic carbocycles. The van der Waals surface area contributed by atoms with Crippen LogP contribution >= 0.6 is 0 Å². The molecule has 0 spiro atoms. The number of halogens is 9. The Balaban J connectivity index is -0.0000000793. The van der Waals surface area contributed by atoms with E-state index < -0.39 is 83.2 Å². The van der Waals surface area contributed by atoms with E-state index in [1.165, 1.54) is 0 Å². The molecule has 27 heteroatoms. The van der Waals surface area contributed by atoms with Crippen LogP contribution in [-0.2, 0) is 44.7 Å². The zero-order valence-electron chi connectivity index (χ0n) is 19.8. The SMILES string of the molecule is C.CO.COC(=O)C(F)C(F)(F)S(=O)(=O)[O-].O=C(O)C(F)C(F)(F)S(=O)(=O)[O-].O=S(=O)([O-])C(F)(F)C(F)CO.[CH3+].[CH3+]. The monoisotopic (exact) mass is 699 g/mol. The van der Waals surface area contributed by atoms with Crippen LogP contribution in [0.2, 0.25) is 0 Å². The maximum Gasteiger partial charge on any atom is 0.375 e. The number of ether oxygens (including phenoxy) is 1. The Hall–Kier alpha value is -2.30. The Bertz CT molecular complexity index is 1080. The molecule has 0 saturated carbocycles. The van der Waals surface area contributed by atoms with Crippen molar-refractivity contribution in [3.05, 3.63) is 14.9 Å². The largest absolute Gasteiger partial charge is 0.743 e. The number of hydrogen-bond acceptors (Lipinski definition) is 14. The van der Waals surface area contributed by atoms with Crippen molar-refractivity contribution in [1.29, 1.82) is 0 Å². The van der Waals surface area contributed by atoms with Gasteiger partial charge in [-0.15, -0.1) is 0 Å². The quantitative estimate of drug-likeness (QED) is 0.121. The van der Waals surface area contributed by atoms with Crippen molar-refractivity contribution < 1.29 is 108 Å². The number of hydrogen-bond donors (Lipinski definition) is 3. The molecule has 0 aromatic heterocycles. The van der Waals surface area contributed by atoms with Crippen LogP contribution in [0.4, 0.5) is 39.5 Å². The normalized spacial score (nSPS) is 14.0. The Kier molecular flexibility index (Phi) is 26.4. The van der Waals surface area contributed by atoms with Crippen molar-refractivity contribution in [1.82, 2.24) is 0 Å². The minimum atomic E-state index is -6.29. The van der Waals surface area contributed by atoms with E-state index in [0.29, 0.717) is 7.11 Å². The number of methoxy groups -OCH3 is 1. The molecule has 0 fully saturated rings. The van der Waals surface area contributed by atoms with Crippen molar-refractivity contribution in [2.45, 2.75) is 41.7 Å². The number of aliphatic hydroxyl groups excluding tert-OH is 2. The number of carbonyl (C=O) groups is 2. The van der Waals surface area contributed by atoms with E-state index in [4.69, 9.17) is 15.3 Å². The summed E-state index contributed by atoms with van der Waals surface area (Å²) in [6, 6.07) is 0. The van der Waals surface area contributed by atoms with Gasteiger partial charge in [0, 0.05) is 22.0 Å². The number of alkyl halides is 9. The van der Waals surface area contributed by atoms with E-state index in [1.807, 2.05) is 0 Å². The van der Waals surface area contributed by atoms with Gasteiger partial charge < -0.3 is 33.7 Å². The van der Waals surface area contributed by atoms with Crippen LogP contribution in [-0.4, -0.2) is 121 Å². The summed E-state index contributed by atoms with van der Waals surface area (Å²) in [5, 5.41) is 6.61. The predicted molar refractivity (Wildman–Crippen MR) is 113 cm³/mol. The first-order chi connectivity index (χ1) is 16.5. The molecule has 0 radical (unpaired) electrons. The molecular formula is C14H24F9O15S3-. The number of rotatable bonds is 9. The van der Waals surface area contributed by atoms with Gasteiger partial charge in [-0.1, -0.05) is 7.43 Å². The lowest BCUT2D eigenvalue weighted by Crippen LogP contribution is -2.43. The second kappa shape index (κ2) is 19.8.